The third-order valence-electron chi connectivity index (χ3n) is 7.93. The third kappa shape index (κ3) is 2.52. The van der Waals surface area contributed by atoms with Crippen molar-refractivity contribution in [3.63, 3.8) is 0 Å². The maximum atomic E-state index is 4.78. The summed E-state index contributed by atoms with van der Waals surface area (Å²) in [5.74, 6) is 0.964. The number of hydrogen-bond donors (Lipinski definition) is 0. The lowest BCUT2D eigenvalue weighted by atomic mass is 9.52. The minimum Gasteiger partial charge on any atom is -0.315 e. The Morgan fingerprint density at radius 1 is 0.903 bits per heavy atom. The Hall–Kier alpha value is -2.95. The molecule has 0 N–H and O–H groups in total. The molecule has 5 heteroatoms. The van der Waals surface area contributed by atoms with Gasteiger partial charge in [0.2, 0.25) is 0 Å². The predicted molar refractivity (Wildman–Crippen MR) is 126 cm³/mol. The van der Waals surface area contributed by atoms with E-state index in [0.717, 1.165) is 42.9 Å². The Bertz CT molecular complexity index is 1080. The first-order chi connectivity index (χ1) is 15.1. The van der Waals surface area contributed by atoms with Gasteiger partial charge in [-0.15, -0.1) is 0 Å². The van der Waals surface area contributed by atoms with Gasteiger partial charge in [-0.05, 0) is 43.0 Å². The lowest BCUT2D eigenvalue weighted by Crippen LogP contribution is -2.63. The average Bonchev–Trinajstić information content (AvgIpc) is 3.18. The summed E-state index contributed by atoms with van der Waals surface area (Å²) in [4.78, 5) is 18.5. The molecule has 0 saturated heterocycles. The largest absolute Gasteiger partial charge is 0.315 e. The van der Waals surface area contributed by atoms with Gasteiger partial charge in [-0.3, -0.25) is 4.98 Å². The van der Waals surface area contributed by atoms with Crippen LogP contribution in [0.4, 0.5) is 22.9 Å². The smallest absolute Gasteiger partial charge is 0.162 e. The molecule has 0 fully saturated rings. The van der Waals surface area contributed by atoms with E-state index in [1.54, 1.807) is 6.33 Å². The molecule has 4 heterocycles. The van der Waals surface area contributed by atoms with E-state index in [-0.39, 0.29) is 17.0 Å². The van der Waals surface area contributed by atoms with Crippen molar-refractivity contribution in [1.29, 1.82) is 0 Å². The lowest BCUT2D eigenvalue weighted by Gasteiger charge is -2.60. The number of benzene rings is 1. The van der Waals surface area contributed by atoms with Crippen LogP contribution in [0.5, 0.6) is 0 Å². The highest BCUT2D eigenvalue weighted by molar-refractivity contribution is 5.88. The molecule has 160 valence electrons. The van der Waals surface area contributed by atoms with Crippen LogP contribution in [0.15, 0.2) is 61.3 Å². The van der Waals surface area contributed by atoms with Crippen LogP contribution in [0.25, 0.3) is 0 Å². The summed E-state index contributed by atoms with van der Waals surface area (Å²) < 4.78 is 0. The van der Waals surface area contributed by atoms with Crippen LogP contribution in [0.1, 0.15) is 58.9 Å². The molecule has 2 aliphatic heterocycles. The summed E-state index contributed by atoms with van der Waals surface area (Å²) in [6.07, 6.45) is 12.0. The van der Waals surface area contributed by atoms with Crippen LogP contribution in [0.3, 0.4) is 0 Å². The molecule has 1 aromatic carbocycles. The number of nitrogens with zero attached hydrogens (tertiary/aromatic N) is 5. The van der Waals surface area contributed by atoms with Gasteiger partial charge in [0.05, 0.1) is 18.1 Å². The molecule has 2 aromatic heterocycles. The number of hydrogen-bond acceptors (Lipinski definition) is 5. The number of rotatable bonds is 5. The first kappa shape index (κ1) is 20.0. The number of fused-ring (bicyclic) bond motifs is 5. The molecule has 3 aromatic rings. The fraction of sp³-hybridized carbons (Fsp3) is 0.423. The summed E-state index contributed by atoms with van der Waals surface area (Å²) in [5.41, 5.74) is 4.96. The van der Waals surface area contributed by atoms with Crippen LogP contribution in [-0.4, -0.2) is 21.1 Å². The Labute approximate surface area is 185 Å². The maximum Gasteiger partial charge on any atom is 0.162 e. The van der Waals surface area contributed by atoms with Crippen molar-refractivity contribution in [2.45, 2.75) is 65.0 Å². The van der Waals surface area contributed by atoms with E-state index >= 15 is 0 Å². The van der Waals surface area contributed by atoms with E-state index in [1.165, 1.54) is 11.3 Å². The molecule has 0 spiro atoms. The van der Waals surface area contributed by atoms with Crippen molar-refractivity contribution in [3.8, 4) is 0 Å². The van der Waals surface area contributed by atoms with E-state index in [2.05, 4.69) is 77.8 Å². The van der Waals surface area contributed by atoms with Crippen LogP contribution in [0, 0.1) is 5.41 Å². The quantitative estimate of drug-likeness (QED) is 0.486. The third-order valence-corrected chi connectivity index (χ3v) is 7.93. The van der Waals surface area contributed by atoms with Gasteiger partial charge in [0.25, 0.3) is 0 Å². The molecule has 0 amide bonds. The number of pyridine rings is 1. The molecule has 5 nitrogen and oxygen atoms in total. The summed E-state index contributed by atoms with van der Waals surface area (Å²) >= 11 is 0. The highest BCUT2D eigenvalue weighted by atomic mass is 15.5. The first-order valence-electron chi connectivity index (χ1n) is 11.5. The van der Waals surface area contributed by atoms with E-state index in [4.69, 9.17) is 4.98 Å². The minimum atomic E-state index is -0.0113. The number of aromatic nitrogens is 3. The molecular formula is C26H31N5. The summed E-state index contributed by atoms with van der Waals surface area (Å²) in [7, 11) is 0. The Balaban J connectivity index is 1.86. The van der Waals surface area contributed by atoms with Crippen molar-refractivity contribution in [2.75, 3.05) is 9.80 Å². The maximum absolute atomic E-state index is 4.78. The zero-order valence-corrected chi connectivity index (χ0v) is 18.9. The van der Waals surface area contributed by atoms with Crippen molar-refractivity contribution in [3.05, 3.63) is 66.9 Å². The second-order valence-corrected chi connectivity index (χ2v) is 9.03. The fourth-order valence-corrected chi connectivity index (χ4v) is 6.41. The zero-order valence-electron chi connectivity index (χ0n) is 18.9. The number of anilines is 4. The highest BCUT2D eigenvalue weighted by Crippen LogP contribution is 2.65. The molecule has 0 aliphatic carbocycles. The molecule has 3 unspecified atom stereocenters. The van der Waals surface area contributed by atoms with E-state index < -0.39 is 0 Å². The van der Waals surface area contributed by atoms with Gasteiger partial charge in [0.1, 0.15) is 18.2 Å². The minimum absolute atomic E-state index is 0.0113. The van der Waals surface area contributed by atoms with Gasteiger partial charge < -0.3 is 9.80 Å². The van der Waals surface area contributed by atoms with Crippen LogP contribution in [0.2, 0.25) is 0 Å². The van der Waals surface area contributed by atoms with Crippen molar-refractivity contribution in [1.82, 2.24) is 15.0 Å². The molecule has 0 radical (unpaired) electrons. The predicted octanol–water partition coefficient (Wildman–Crippen LogP) is 6.37. The molecule has 31 heavy (non-hydrogen) atoms. The van der Waals surface area contributed by atoms with Crippen LogP contribution in [-0.2, 0) is 5.41 Å². The van der Waals surface area contributed by atoms with Gasteiger partial charge in [-0.2, -0.15) is 0 Å². The van der Waals surface area contributed by atoms with Gasteiger partial charge in [-0.1, -0.05) is 52.3 Å². The first-order valence-corrected chi connectivity index (χ1v) is 11.5. The Morgan fingerprint density at radius 3 is 2.45 bits per heavy atom. The van der Waals surface area contributed by atoms with Gasteiger partial charge >= 0.3 is 0 Å². The second kappa shape index (κ2) is 7.33. The van der Waals surface area contributed by atoms with Crippen molar-refractivity contribution < 1.29 is 0 Å². The summed E-state index contributed by atoms with van der Waals surface area (Å²) in [6.45, 7) is 9.52. The standard InChI is InChI=1S/C26H31N5/c1-5-14-26(7-3)20-12-8-9-13-21(20)31-22-17-28-18-29-23(22)30(19-11-10-15-27-16-19)24(31)25(26,4)6-2/h8-13,15-18,24H,5-7,14H2,1-4H3. The van der Waals surface area contributed by atoms with Crippen LogP contribution < -0.4 is 9.80 Å². The molecular weight excluding hydrogens is 382 g/mol. The molecule has 0 saturated carbocycles. The summed E-state index contributed by atoms with van der Waals surface area (Å²) in [5, 5.41) is 0. The normalized spacial score (nSPS) is 26.4. The van der Waals surface area contributed by atoms with Gasteiger partial charge in [0.15, 0.2) is 5.82 Å². The molecule has 5 rings (SSSR count). The zero-order chi connectivity index (χ0) is 21.6. The average molecular weight is 414 g/mol. The number of para-hydroxylation sites is 1. The van der Waals surface area contributed by atoms with E-state index in [1.807, 2.05) is 24.7 Å². The molecule has 3 atom stereocenters. The SMILES string of the molecule is CCCC1(CC)c2ccccc2N2c3cncnc3N(c3cccnc3)C2C1(C)CC. The fourth-order valence-electron chi connectivity index (χ4n) is 6.41. The Morgan fingerprint density at radius 2 is 1.74 bits per heavy atom. The molecule has 0 bridgehead atoms. The monoisotopic (exact) mass is 413 g/mol. The highest BCUT2D eigenvalue weighted by Gasteiger charge is 2.62. The van der Waals surface area contributed by atoms with Crippen molar-refractivity contribution in [2.24, 2.45) is 5.41 Å². The van der Waals surface area contributed by atoms with Gasteiger partial charge in [-0.25, -0.2) is 9.97 Å². The van der Waals surface area contributed by atoms with Crippen molar-refractivity contribution >= 4 is 22.9 Å². The lowest BCUT2D eigenvalue weighted by molar-refractivity contribution is 0.0724. The second-order valence-electron chi connectivity index (χ2n) is 9.03. The van der Waals surface area contributed by atoms with Gasteiger partial charge in [0, 0.05) is 22.7 Å². The molecule has 2 aliphatic rings. The topological polar surface area (TPSA) is 45.2 Å². The van der Waals surface area contributed by atoms with E-state index in [9.17, 15) is 0 Å². The Kier molecular flexibility index (Phi) is 4.72. The van der Waals surface area contributed by atoms with E-state index in [0.29, 0.717) is 0 Å². The summed E-state index contributed by atoms with van der Waals surface area (Å²) in [6, 6.07) is 13.2. The van der Waals surface area contributed by atoms with Crippen LogP contribution >= 0.6 is 0 Å².